The van der Waals surface area contributed by atoms with Gasteiger partial charge in [-0.2, -0.15) is 5.10 Å². The molecule has 0 unspecified atom stereocenters. The third kappa shape index (κ3) is 4.05. The number of halogens is 4. The number of nitrogens with one attached hydrogen (secondary N) is 2. The quantitative estimate of drug-likeness (QED) is 0.329. The van der Waals surface area contributed by atoms with E-state index in [-0.39, 0.29) is 21.8 Å². The molecule has 0 spiro atoms. The second-order valence-electron chi connectivity index (χ2n) is 7.57. The van der Waals surface area contributed by atoms with Gasteiger partial charge in [0.25, 0.3) is 0 Å². The summed E-state index contributed by atoms with van der Waals surface area (Å²) < 4.78 is 76.4. The van der Waals surface area contributed by atoms with E-state index in [0.29, 0.717) is 17.6 Å². The largest absolute Gasteiger partial charge is 0.480 e. The first-order valence-electron chi connectivity index (χ1n) is 10.1. The van der Waals surface area contributed by atoms with Crippen LogP contribution in [0.4, 0.5) is 13.2 Å². The Labute approximate surface area is 206 Å². The van der Waals surface area contributed by atoms with Crippen molar-refractivity contribution in [3.63, 3.8) is 0 Å². The minimum atomic E-state index is -4.30. The first-order valence-corrected chi connectivity index (χ1v) is 12.2. The Balaban J connectivity index is 1.60. The maximum absolute atomic E-state index is 15.5. The zero-order valence-electron chi connectivity index (χ0n) is 18.2. The van der Waals surface area contributed by atoms with Gasteiger partial charge in [0, 0.05) is 35.9 Å². The van der Waals surface area contributed by atoms with E-state index in [2.05, 4.69) is 30.1 Å². The molecule has 0 atom stereocenters. The minimum absolute atomic E-state index is 0.00210. The first-order chi connectivity index (χ1) is 17.2. The van der Waals surface area contributed by atoms with Crippen molar-refractivity contribution in [3.8, 4) is 28.7 Å². The molecule has 0 aliphatic rings. The monoisotopic (exact) mass is 534 g/mol. The fourth-order valence-corrected chi connectivity index (χ4v) is 5.41. The first kappa shape index (κ1) is 23.8. The molecule has 0 fully saturated rings. The van der Waals surface area contributed by atoms with Crippen LogP contribution in [0.25, 0.3) is 33.7 Å². The van der Waals surface area contributed by atoms with Gasteiger partial charge in [0.15, 0.2) is 21.5 Å². The molecule has 0 aliphatic heterocycles. The average molecular weight is 535 g/mol. The summed E-state index contributed by atoms with van der Waals surface area (Å²) in [7, 11) is -3.10. The van der Waals surface area contributed by atoms with Crippen molar-refractivity contribution >= 4 is 32.3 Å². The van der Waals surface area contributed by atoms with Crippen LogP contribution in [0.2, 0.25) is 5.02 Å². The highest BCUT2D eigenvalue weighted by molar-refractivity contribution is 7.90. The molecule has 0 amide bonds. The zero-order valence-corrected chi connectivity index (χ0v) is 19.8. The molecule has 184 valence electrons. The highest BCUT2D eigenvalue weighted by Crippen LogP contribution is 2.34. The van der Waals surface area contributed by atoms with Crippen LogP contribution in [0, 0.1) is 17.5 Å². The Morgan fingerprint density at radius 3 is 2.58 bits per heavy atom. The van der Waals surface area contributed by atoms with Gasteiger partial charge in [-0.1, -0.05) is 11.6 Å². The highest BCUT2D eigenvalue weighted by atomic mass is 35.5. The molecule has 5 rings (SSSR count). The number of sulfone groups is 1. The third-order valence-corrected chi connectivity index (χ3v) is 7.16. The lowest BCUT2D eigenvalue weighted by Gasteiger charge is -2.12. The number of fused-ring (bicyclic) bond motifs is 1. The van der Waals surface area contributed by atoms with Crippen LogP contribution in [-0.4, -0.2) is 45.7 Å². The lowest BCUT2D eigenvalue weighted by Crippen LogP contribution is -2.10. The summed E-state index contributed by atoms with van der Waals surface area (Å²) in [5.41, 5.74) is -1.50. The number of pyridine rings is 2. The van der Waals surface area contributed by atoms with E-state index >= 15 is 8.78 Å². The second-order valence-corrected chi connectivity index (χ2v) is 9.96. The van der Waals surface area contributed by atoms with E-state index < -0.39 is 54.8 Å². The van der Waals surface area contributed by atoms with Gasteiger partial charge < -0.3 is 9.72 Å². The summed E-state index contributed by atoms with van der Waals surface area (Å²) in [5, 5.41) is 6.81. The third-order valence-electron chi connectivity index (χ3n) is 5.30. The molecular weight excluding hydrogens is 521 g/mol. The number of hydrogen-bond donors (Lipinski definition) is 2. The van der Waals surface area contributed by atoms with Crippen molar-refractivity contribution in [1.29, 1.82) is 0 Å². The molecule has 5 aromatic rings. The number of imidazole rings is 1. The second kappa shape index (κ2) is 8.91. The Morgan fingerprint density at radius 1 is 1.06 bits per heavy atom. The predicted octanol–water partition coefficient (Wildman–Crippen LogP) is 4.46. The minimum Gasteiger partial charge on any atom is -0.480 e. The topological polar surface area (TPSA) is 127 Å². The Morgan fingerprint density at radius 2 is 1.86 bits per heavy atom. The highest BCUT2D eigenvalue weighted by Gasteiger charge is 2.27. The SMILES string of the molecule is COc1ncc(Cl)cc1S(=O)(=O)Cc1cc(F)cc(-c2ncc3c(-c4ncc[nH]4)[nH]nc3c2F)c1F. The van der Waals surface area contributed by atoms with E-state index in [4.69, 9.17) is 16.3 Å². The Kier molecular flexibility index (Phi) is 5.88. The summed E-state index contributed by atoms with van der Waals surface area (Å²) in [6.45, 7) is 0. The van der Waals surface area contributed by atoms with Crippen molar-refractivity contribution in [1.82, 2.24) is 30.1 Å². The Bertz CT molecular complexity index is 1730. The van der Waals surface area contributed by atoms with Crippen LogP contribution >= 0.6 is 11.6 Å². The van der Waals surface area contributed by atoms with Gasteiger partial charge >= 0.3 is 0 Å². The molecule has 1 aromatic carbocycles. The molecule has 9 nitrogen and oxygen atoms in total. The van der Waals surface area contributed by atoms with E-state index in [9.17, 15) is 12.8 Å². The molecule has 36 heavy (non-hydrogen) atoms. The maximum Gasteiger partial charge on any atom is 0.232 e. The number of aromatic amines is 2. The summed E-state index contributed by atoms with van der Waals surface area (Å²) >= 11 is 5.86. The lowest BCUT2D eigenvalue weighted by molar-refractivity contribution is 0.385. The van der Waals surface area contributed by atoms with Gasteiger partial charge in [-0.05, 0) is 18.2 Å². The van der Waals surface area contributed by atoms with Crippen molar-refractivity contribution in [2.24, 2.45) is 0 Å². The molecule has 4 heterocycles. The van der Waals surface area contributed by atoms with Crippen molar-refractivity contribution in [2.75, 3.05) is 7.11 Å². The van der Waals surface area contributed by atoms with Gasteiger partial charge in [0.05, 0.1) is 23.3 Å². The van der Waals surface area contributed by atoms with Crippen LogP contribution in [0.5, 0.6) is 5.88 Å². The molecule has 0 saturated heterocycles. The summed E-state index contributed by atoms with van der Waals surface area (Å²) in [6.07, 6.45) is 5.47. The number of aromatic nitrogens is 6. The number of hydrogen-bond acceptors (Lipinski definition) is 7. The van der Waals surface area contributed by atoms with Crippen molar-refractivity contribution in [3.05, 3.63) is 71.0 Å². The fourth-order valence-electron chi connectivity index (χ4n) is 3.70. The summed E-state index contributed by atoms with van der Waals surface area (Å²) in [6, 6.07) is 2.52. The average Bonchev–Trinajstić information content (AvgIpc) is 3.52. The van der Waals surface area contributed by atoms with Gasteiger partial charge in [-0.3, -0.25) is 10.1 Å². The molecule has 14 heteroatoms. The standard InChI is InChI=1S/C22H14ClF3N6O3S/c1-35-22-15(5-11(23)7-30-22)36(33,34)9-10-4-12(24)6-13(16(10)25)18-17(26)19-14(8-29-18)20(32-31-19)21-27-2-3-28-21/h2-8H,9H2,1H3,(H,27,28)(H,31,32). The van der Waals surface area contributed by atoms with Gasteiger partial charge in [0.1, 0.15) is 33.4 Å². The fraction of sp³-hybridized carbons (Fsp3) is 0.0909. The van der Waals surface area contributed by atoms with E-state index in [1.807, 2.05) is 0 Å². The number of rotatable bonds is 6. The molecule has 0 saturated carbocycles. The maximum atomic E-state index is 15.5. The van der Waals surface area contributed by atoms with E-state index in [1.54, 1.807) is 6.20 Å². The molecule has 0 radical (unpaired) electrons. The summed E-state index contributed by atoms with van der Waals surface area (Å²) in [5.74, 6) is -4.05. The van der Waals surface area contributed by atoms with Gasteiger partial charge in [0.2, 0.25) is 5.88 Å². The van der Waals surface area contributed by atoms with E-state index in [1.165, 1.54) is 25.7 Å². The molecule has 4 aromatic heterocycles. The number of methoxy groups -OCH3 is 1. The van der Waals surface area contributed by atoms with Gasteiger partial charge in [-0.15, -0.1) is 0 Å². The molecule has 0 aliphatic carbocycles. The number of nitrogens with zero attached hydrogens (tertiary/aromatic N) is 4. The van der Waals surface area contributed by atoms with Crippen LogP contribution < -0.4 is 4.74 Å². The number of benzene rings is 1. The van der Waals surface area contributed by atoms with Crippen LogP contribution in [0.3, 0.4) is 0 Å². The summed E-state index contributed by atoms with van der Waals surface area (Å²) in [4.78, 5) is 14.3. The normalized spacial score (nSPS) is 11.8. The van der Waals surface area contributed by atoms with Crippen molar-refractivity contribution < 1.29 is 26.3 Å². The molecule has 2 N–H and O–H groups in total. The zero-order chi connectivity index (χ0) is 25.6. The molecular formula is C22H14ClF3N6O3S. The number of H-pyrrole nitrogens is 2. The van der Waals surface area contributed by atoms with Crippen LogP contribution in [0.1, 0.15) is 5.56 Å². The smallest absolute Gasteiger partial charge is 0.232 e. The van der Waals surface area contributed by atoms with Gasteiger partial charge in [-0.25, -0.2) is 31.6 Å². The lowest BCUT2D eigenvalue weighted by atomic mass is 10.0. The Hall–Kier alpha value is -3.97. The predicted molar refractivity (Wildman–Crippen MR) is 123 cm³/mol. The van der Waals surface area contributed by atoms with Crippen LogP contribution in [0.15, 0.2) is 47.9 Å². The number of ether oxygens (including phenoxy) is 1. The van der Waals surface area contributed by atoms with Crippen molar-refractivity contribution in [2.45, 2.75) is 10.6 Å². The van der Waals surface area contributed by atoms with E-state index in [0.717, 1.165) is 12.1 Å². The molecule has 0 bridgehead atoms. The van der Waals surface area contributed by atoms with Crippen LogP contribution in [-0.2, 0) is 15.6 Å².